The minimum Gasteiger partial charge on any atom is -0.458 e. The zero-order chi connectivity index (χ0) is 21.7. The molecule has 0 amide bonds. The molecule has 0 radical (unpaired) electrons. The van der Waals surface area contributed by atoms with Crippen LogP contribution in [-0.4, -0.2) is 20.6 Å². The van der Waals surface area contributed by atoms with Crippen molar-refractivity contribution in [2.75, 3.05) is 5.73 Å². The first-order valence-corrected chi connectivity index (χ1v) is 11.1. The number of nitrogens with two attached hydrogens (primary N) is 1. The molecule has 156 valence electrons. The predicted octanol–water partition coefficient (Wildman–Crippen LogP) is 3.30. The molecule has 7 nitrogen and oxygen atoms in total. The van der Waals surface area contributed by atoms with Gasteiger partial charge in [-0.05, 0) is 30.0 Å². The highest BCUT2D eigenvalue weighted by atomic mass is 35.5. The Morgan fingerprint density at radius 1 is 1.35 bits per heavy atom. The van der Waals surface area contributed by atoms with E-state index in [-0.39, 0.29) is 25.1 Å². The van der Waals surface area contributed by atoms with E-state index in [9.17, 15) is 14.7 Å². The quantitative estimate of drug-likeness (QED) is 0.336. The number of halogens is 1. The summed E-state index contributed by atoms with van der Waals surface area (Å²) >= 11 is 8.08. The topological polar surface area (TPSA) is 107 Å². The fourth-order valence-corrected chi connectivity index (χ4v) is 5.93. The van der Waals surface area contributed by atoms with Crippen molar-refractivity contribution in [2.45, 2.75) is 37.0 Å². The summed E-state index contributed by atoms with van der Waals surface area (Å²) < 4.78 is 6.73. The van der Waals surface area contributed by atoms with Crippen LogP contribution in [0, 0.1) is 0 Å². The second kappa shape index (κ2) is 6.12. The van der Waals surface area contributed by atoms with Crippen LogP contribution in [0.1, 0.15) is 35.6 Å². The Balaban J connectivity index is 1.70. The maximum absolute atomic E-state index is 13.4. The Hall–Kier alpha value is -2.81. The number of aromatic nitrogens is 2. The van der Waals surface area contributed by atoms with Crippen molar-refractivity contribution in [3.63, 3.8) is 0 Å². The number of carbonyl (C=O) groups is 1. The van der Waals surface area contributed by atoms with E-state index in [2.05, 4.69) is 0 Å². The third kappa shape index (κ3) is 2.27. The van der Waals surface area contributed by atoms with Crippen molar-refractivity contribution < 1.29 is 14.6 Å². The number of nitrogens with zero attached hydrogens (tertiary/aromatic N) is 2. The van der Waals surface area contributed by atoms with Crippen LogP contribution < -0.4 is 11.3 Å². The molecule has 31 heavy (non-hydrogen) atoms. The molecule has 1 aromatic carbocycles. The molecule has 0 fully saturated rings. The smallest absolute Gasteiger partial charge is 0.343 e. The number of pyridine rings is 2. The van der Waals surface area contributed by atoms with Crippen LogP contribution in [0.2, 0.25) is 0 Å². The molecule has 3 aliphatic rings. The zero-order valence-corrected chi connectivity index (χ0v) is 17.9. The SMILES string of the molecule is CC[C@@]1(O)C(=O)OCc2c1cc1n(c2=O)Cc2c-1nc1ccc(N)c3c1c2C(Cl)=CS3. The summed E-state index contributed by atoms with van der Waals surface area (Å²) in [6, 6.07) is 5.35. The van der Waals surface area contributed by atoms with Crippen molar-refractivity contribution >= 4 is 51.0 Å². The molecular weight excluding hydrogens is 438 g/mol. The molecule has 3 aliphatic heterocycles. The van der Waals surface area contributed by atoms with Gasteiger partial charge in [0.1, 0.15) is 6.61 Å². The molecule has 0 bridgehead atoms. The highest BCUT2D eigenvalue weighted by Gasteiger charge is 2.45. The standard InChI is InChI=1S/C22H16ClN3O4S/c1-2-22(29)11-5-15-18-9(6-26(15)20(27)10(11)7-30-21(22)28)16-12(23)8-31-19-13(24)3-4-14(25-18)17(16)19/h3-5,8,29H,2,6-7,24H2,1H3/t22-/m0/s1. The van der Waals surface area contributed by atoms with Gasteiger partial charge in [0.05, 0.1) is 34.0 Å². The van der Waals surface area contributed by atoms with Crippen molar-refractivity contribution in [2.24, 2.45) is 0 Å². The first kappa shape index (κ1) is 18.9. The maximum atomic E-state index is 13.4. The molecule has 0 spiro atoms. The van der Waals surface area contributed by atoms with Gasteiger partial charge in [0.2, 0.25) is 0 Å². The molecule has 5 heterocycles. The summed E-state index contributed by atoms with van der Waals surface area (Å²) in [6.07, 6.45) is 0.0966. The molecule has 0 unspecified atom stereocenters. The number of cyclic esters (lactones) is 1. The van der Waals surface area contributed by atoms with E-state index in [1.807, 2.05) is 17.5 Å². The number of esters is 1. The Morgan fingerprint density at radius 3 is 2.94 bits per heavy atom. The molecule has 9 heteroatoms. The zero-order valence-electron chi connectivity index (χ0n) is 16.4. The molecule has 2 aromatic heterocycles. The number of fused-ring (bicyclic) bond motifs is 5. The number of ether oxygens (including phenoxy) is 1. The van der Waals surface area contributed by atoms with Gasteiger partial charge in [-0.2, -0.15) is 0 Å². The first-order valence-electron chi connectivity index (χ1n) is 9.80. The number of aliphatic hydroxyl groups is 1. The average molecular weight is 454 g/mol. The van der Waals surface area contributed by atoms with Crippen LogP contribution in [0.4, 0.5) is 5.69 Å². The van der Waals surface area contributed by atoms with Crippen LogP contribution in [0.25, 0.3) is 27.3 Å². The van der Waals surface area contributed by atoms with Crippen molar-refractivity contribution in [3.8, 4) is 11.4 Å². The van der Waals surface area contributed by atoms with E-state index in [0.29, 0.717) is 33.2 Å². The van der Waals surface area contributed by atoms with Crippen LogP contribution >= 0.6 is 23.4 Å². The van der Waals surface area contributed by atoms with Crippen molar-refractivity contribution in [1.29, 1.82) is 0 Å². The Bertz CT molecular complexity index is 1460. The number of carbonyl (C=O) groups excluding carboxylic acids is 1. The lowest BCUT2D eigenvalue weighted by molar-refractivity contribution is -0.172. The van der Waals surface area contributed by atoms with Crippen LogP contribution in [-0.2, 0) is 28.3 Å². The van der Waals surface area contributed by atoms with Gasteiger partial charge < -0.3 is 20.1 Å². The molecule has 1 atom stereocenters. The average Bonchev–Trinajstić information content (AvgIpc) is 3.13. The van der Waals surface area contributed by atoms with Gasteiger partial charge >= 0.3 is 5.97 Å². The number of thioether (sulfide) groups is 1. The Kier molecular flexibility index (Phi) is 3.74. The highest BCUT2D eigenvalue weighted by Crippen LogP contribution is 2.49. The van der Waals surface area contributed by atoms with Crippen LogP contribution in [0.15, 0.2) is 33.3 Å². The van der Waals surface area contributed by atoms with Crippen LogP contribution in [0.3, 0.4) is 0 Å². The summed E-state index contributed by atoms with van der Waals surface area (Å²) in [6.45, 7) is 1.81. The summed E-state index contributed by atoms with van der Waals surface area (Å²) in [4.78, 5) is 31.4. The lowest BCUT2D eigenvalue weighted by Crippen LogP contribution is -2.44. The van der Waals surface area contributed by atoms with Gasteiger partial charge in [-0.25, -0.2) is 9.78 Å². The molecule has 6 rings (SSSR count). The van der Waals surface area contributed by atoms with Gasteiger partial charge in [-0.15, -0.1) is 0 Å². The van der Waals surface area contributed by atoms with Gasteiger partial charge in [-0.1, -0.05) is 30.3 Å². The van der Waals surface area contributed by atoms with Gasteiger partial charge in [-0.3, -0.25) is 4.79 Å². The number of hydrogen-bond acceptors (Lipinski definition) is 7. The minimum absolute atomic E-state index is 0.0966. The lowest BCUT2D eigenvalue weighted by atomic mass is 9.86. The largest absolute Gasteiger partial charge is 0.458 e. The number of anilines is 1. The van der Waals surface area contributed by atoms with Crippen LogP contribution in [0.5, 0.6) is 0 Å². The second-order valence-electron chi connectivity index (χ2n) is 7.88. The lowest BCUT2D eigenvalue weighted by Gasteiger charge is -2.31. The van der Waals surface area contributed by atoms with Gasteiger partial charge in [0.25, 0.3) is 5.56 Å². The summed E-state index contributed by atoms with van der Waals surface area (Å²) in [5.74, 6) is -0.741. The Morgan fingerprint density at radius 2 is 2.16 bits per heavy atom. The van der Waals surface area contributed by atoms with Gasteiger partial charge in [0, 0.05) is 32.7 Å². The molecule has 3 N–H and O–H groups in total. The first-order chi connectivity index (χ1) is 14.8. The van der Waals surface area contributed by atoms with Crippen molar-refractivity contribution in [1.82, 2.24) is 9.55 Å². The number of nitrogen functional groups attached to an aromatic ring is 1. The van der Waals surface area contributed by atoms with E-state index < -0.39 is 11.6 Å². The summed E-state index contributed by atoms with van der Waals surface area (Å²) in [5, 5.41) is 14.3. The minimum atomic E-state index is -1.86. The summed E-state index contributed by atoms with van der Waals surface area (Å²) in [7, 11) is 0. The molecule has 3 aromatic rings. The van der Waals surface area contributed by atoms with E-state index in [1.165, 1.54) is 11.8 Å². The summed E-state index contributed by atoms with van der Waals surface area (Å²) in [5.41, 5.74) is 8.81. The molecule has 0 saturated carbocycles. The monoisotopic (exact) mass is 453 g/mol. The third-order valence-electron chi connectivity index (χ3n) is 6.36. The van der Waals surface area contributed by atoms with E-state index >= 15 is 0 Å². The fraction of sp³-hybridized carbons (Fsp3) is 0.227. The molecule has 0 aliphatic carbocycles. The number of hydrogen-bond donors (Lipinski definition) is 2. The van der Waals surface area contributed by atoms with E-state index in [4.69, 9.17) is 27.1 Å². The van der Waals surface area contributed by atoms with E-state index in [0.717, 1.165) is 26.9 Å². The highest BCUT2D eigenvalue weighted by molar-refractivity contribution is 8.02. The third-order valence-corrected chi connectivity index (χ3v) is 7.81. The second-order valence-corrected chi connectivity index (χ2v) is 9.17. The number of rotatable bonds is 1. The number of benzene rings is 1. The molecule has 0 saturated heterocycles. The maximum Gasteiger partial charge on any atom is 0.343 e. The predicted molar refractivity (Wildman–Crippen MR) is 119 cm³/mol. The Labute approximate surface area is 185 Å². The van der Waals surface area contributed by atoms with E-state index in [1.54, 1.807) is 17.6 Å². The fourth-order valence-electron chi connectivity index (χ4n) is 4.72. The molecular formula is C22H16ClN3O4S. The van der Waals surface area contributed by atoms with Gasteiger partial charge in [0.15, 0.2) is 5.60 Å². The van der Waals surface area contributed by atoms with Crippen molar-refractivity contribution in [3.05, 3.63) is 56.2 Å². The normalized spacial score (nSPS) is 20.7.